The normalized spacial score (nSPS) is 13.8. The lowest BCUT2D eigenvalue weighted by molar-refractivity contribution is 0.297. The fraction of sp³-hybridized carbons (Fsp3) is 0.333. The van der Waals surface area contributed by atoms with Crippen LogP contribution in [0.15, 0.2) is 42.5 Å². The summed E-state index contributed by atoms with van der Waals surface area (Å²) in [4.78, 5) is 0. The molecule has 0 fully saturated rings. The SMILES string of the molecule is NCCCc1ccc(-c2ccc3c(c2)OCCCO3)cc1. The van der Waals surface area contributed by atoms with E-state index < -0.39 is 0 Å². The second-order valence-corrected chi connectivity index (χ2v) is 5.30. The predicted molar refractivity (Wildman–Crippen MR) is 84.9 cm³/mol. The van der Waals surface area contributed by atoms with Gasteiger partial charge in [0.05, 0.1) is 13.2 Å². The average molecular weight is 283 g/mol. The summed E-state index contributed by atoms with van der Waals surface area (Å²) in [6.07, 6.45) is 3.00. The molecule has 0 unspecified atom stereocenters. The van der Waals surface area contributed by atoms with Gasteiger partial charge < -0.3 is 15.2 Å². The van der Waals surface area contributed by atoms with Crippen LogP contribution in [0.25, 0.3) is 11.1 Å². The molecule has 2 N–H and O–H groups in total. The second-order valence-electron chi connectivity index (χ2n) is 5.30. The van der Waals surface area contributed by atoms with Crippen molar-refractivity contribution in [3.63, 3.8) is 0 Å². The van der Waals surface area contributed by atoms with Crippen molar-refractivity contribution in [1.29, 1.82) is 0 Å². The minimum Gasteiger partial charge on any atom is -0.490 e. The van der Waals surface area contributed by atoms with Crippen LogP contribution in [0, 0.1) is 0 Å². The van der Waals surface area contributed by atoms with E-state index in [2.05, 4.69) is 36.4 Å². The zero-order valence-electron chi connectivity index (χ0n) is 12.2. The van der Waals surface area contributed by atoms with Crippen molar-refractivity contribution in [3.8, 4) is 22.6 Å². The summed E-state index contributed by atoms with van der Waals surface area (Å²) in [7, 11) is 0. The highest BCUT2D eigenvalue weighted by Gasteiger charge is 2.11. The van der Waals surface area contributed by atoms with Crippen molar-refractivity contribution in [2.24, 2.45) is 5.73 Å². The number of fused-ring (bicyclic) bond motifs is 1. The molecule has 0 aliphatic carbocycles. The fourth-order valence-electron chi connectivity index (χ4n) is 2.51. The number of hydrogen-bond donors (Lipinski definition) is 1. The van der Waals surface area contributed by atoms with E-state index in [4.69, 9.17) is 15.2 Å². The largest absolute Gasteiger partial charge is 0.490 e. The molecule has 0 radical (unpaired) electrons. The molecule has 0 saturated heterocycles. The van der Waals surface area contributed by atoms with Crippen molar-refractivity contribution >= 4 is 0 Å². The number of ether oxygens (including phenoxy) is 2. The maximum atomic E-state index is 5.75. The summed E-state index contributed by atoms with van der Waals surface area (Å²) in [5.74, 6) is 1.69. The van der Waals surface area contributed by atoms with Crippen LogP contribution in [-0.2, 0) is 6.42 Å². The molecule has 3 rings (SSSR count). The summed E-state index contributed by atoms with van der Waals surface area (Å²) < 4.78 is 11.4. The van der Waals surface area contributed by atoms with Gasteiger partial charge in [0.1, 0.15) is 0 Å². The molecule has 0 saturated carbocycles. The Labute approximate surface area is 125 Å². The highest BCUT2D eigenvalue weighted by Crippen LogP contribution is 2.34. The first kappa shape index (κ1) is 14.0. The van der Waals surface area contributed by atoms with Gasteiger partial charge in [-0.15, -0.1) is 0 Å². The van der Waals surface area contributed by atoms with Crippen molar-refractivity contribution in [3.05, 3.63) is 48.0 Å². The molecule has 3 heteroatoms. The van der Waals surface area contributed by atoms with Gasteiger partial charge in [-0.3, -0.25) is 0 Å². The third kappa shape index (κ3) is 3.37. The maximum absolute atomic E-state index is 5.75. The first-order valence-corrected chi connectivity index (χ1v) is 7.56. The van der Waals surface area contributed by atoms with Gasteiger partial charge in [-0.2, -0.15) is 0 Å². The minimum atomic E-state index is 0.717. The van der Waals surface area contributed by atoms with Crippen LogP contribution in [0.1, 0.15) is 18.4 Å². The smallest absolute Gasteiger partial charge is 0.161 e. The van der Waals surface area contributed by atoms with Gasteiger partial charge in [0.2, 0.25) is 0 Å². The van der Waals surface area contributed by atoms with Gasteiger partial charge in [0.25, 0.3) is 0 Å². The molecule has 21 heavy (non-hydrogen) atoms. The Bertz CT molecular complexity index is 593. The quantitative estimate of drug-likeness (QED) is 0.935. The molecule has 3 nitrogen and oxygen atoms in total. The van der Waals surface area contributed by atoms with E-state index in [1.54, 1.807) is 0 Å². The summed E-state index contributed by atoms with van der Waals surface area (Å²) in [6.45, 7) is 2.18. The molecule has 0 amide bonds. The molecule has 0 aromatic heterocycles. The summed E-state index contributed by atoms with van der Waals surface area (Å²) >= 11 is 0. The Morgan fingerprint density at radius 3 is 2.33 bits per heavy atom. The topological polar surface area (TPSA) is 44.5 Å². The average Bonchev–Trinajstić information content (AvgIpc) is 2.78. The van der Waals surface area contributed by atoms with Crippen LogP contribution in [0.5, 0.6) is 11.5 Å². The second kappa shape index (κ2) is 6.64. The van der Waals surface area contributed by atoms with Gasteiger partial charge in [-0.1, -0.05) is 30.3 Å². The Morgan fingerprint density at radius 1 is 0.857 bits per heavy atom. The molecule has 1 aliphatic rings. The number of hydrogen-bond acceptors (Lipinski definition) is 3. The number of nitrogens with two attached hydrogens (primary N) is 1. The lowest BCUT2D eigenvalue weighted by atomic mass is 10.0. The maximum Gasteiger partial charge on any atom is 0.161 e. The molecule has 0 spiro atoms. The van der Waals surface area contributed by atoms with E-state index in [0.717, 1.165) is 49.5 Å². The molecular weight excluding hydrogens is 262 g/mol. The monoisotopic (exact) mass is 283 g/mol. The van der Waals surface area contributed by atoms with E-state index in [-0.39, 0.29) is 0 Å². The Morgan fingerprint density at radius 2 is 1.57 bits per heavy atom. The van der Waals surface area contributed by atoms with Crippen molar-refractivity contribution in [2.75, 3.05) is 19.8 Å². The van der Waals surface area contributed by atoms with Crippen LogP contribution < -0.4 is 15.2 Å². The third-order valence-electron chi connectivity index (χ3n) is 3.70. The Hall–Kier alpha value is -2.00. The van der Waals surface area contributed by atoms with Crippen LogP contribution in [0.4, 0.5) is 0 Å². The Kier molecular flexibility index (Phi) is 4.41. The first-order valence-electron chi connectivity index (χ1n) is 7.56. The van der Waals surface area contributed by atoms with Crippen LogP contribution in [0.2, 0.25) is 0 Å². The molecule has 1 heterocycles. The number of aryl methyl sites for hydroxylation is 1. The molecule has 0 bridgehead atoms. The summed E-state index contributed by atoms with van der Waals surface area (Å²) in [5, 5.41) is 0. The number of benzene rings is 2. The van der Waals surface area contributed by atoms with E-state index in [0.29, 0.717) is 6.61 Å². The van der Waals surface area contributed by atoms with Crippen molar-refractivity contribution in [2.45, 2.75) is 19.3 Å². The molecule has 110 valence electrons. The summed E-state index contributed by atoms with van der Waals surface area (Å²) in [6, 6.07) is 14.8. The zero-order chi connectivity index (χ0) is 14.5. The van der Waals surface area contributed by atoms with Gasteiger partial charge in [-0.25, -0.2) is 0 Å². The lowest BCUT2D eigenvalue weighted by Crippen LogP contribution is -2.00. The van der Waals surface area contributed by atoms with E-state index in [9.17, 15) is 0 Å². The molecule has 0 atom stereocenters. The number of rotatable bonds is 4. The fourth-order valence-corrected chi connectivity index (χ4v) is 2.51. The highest BCUT2D eigenvalue weighted by atomic mass is 16.5. The van der Waals surface area contributed by atoms with Crippen molar-refractivity contribution in [1.82, 2.24) is 0 Å². The molecule has 1 aliphatic heterocycles. The van der Waals surface area contributed by atoms with E-state index >= 15 is 0 Å². The van der Waals surface area contributed by atoms with Crippen LogP contribution >= 0.6 is 0 Å². The third-order valence-corrected chi connectivity index (χ3v) is 3.70. The predicted octanol–water partition coefficient (Wildman–Crippen LogP) is 3.41. The van der Waals surface area contributed by atoms with Gasteiger partial charge in [0, 0.05) is 6.42 Å². The van der Waals surface area contributed by atoms with Crippen LogP contribution in [-0.4, -0.2) is 19.8 Å². The first-order chi connectivity index (χ1) is 10.4. The zero-order valence-corrected chi connectivity index (χ0v) is 12.2. The van der Waals surface area contributed by atoms with Gasteiger partial charge in [-0.05, 0) is 48.2 Å². The van der Waals surface area contributed by atoms with Crippen LogP contribution in [0.3, 0.4) is 0 Å². The van der Waals surface area contributed by atoms with Crippen molar-refractivity contribution < 1.29 is 9.47 Å². The molecule has 2 aromatic carbocycles. The molecular formula is C18H21NO2. The standard InChI is InChI=1S/C18H21NO2/c19-10-1-3-14-4-6-15(7-5-14)16-8-9-17-18(13-16)21-12-2-11-20-17/h4-9,13H,1-3,10-12,19H2. The van der Waals surface area contributed by atoms with Gasteiger partial charge >= 0.3 is 0 Å². The Balaban J connectivity index is 1.81. The minimum absolute atomic E-state index is 0.717. The van der Waals surface area contributed by atoms with E-state index in [1.807, 2.05) is 6.07 Å². The van der Waals surface area contributed by atoms with E-state index in [1.165, 1.54) is 11.1 Å². The lowest BCUT2D eigenvalue weighted by Gasteiger charge is -2.10. The molecule has 2 aromatic rings. The highest BCUT2D eigenvalue weighted by molar-refractivity contribution is 5.67. The summed E-state index contributed by atoms with van der Waals surface area (Å²) in [5.41, 5.74) is 9.23. The van der Waals surface area contributed by atoms with Gasteiger partial charge in [0.15, 0.2) is 11.5 Å².